The fourth-order valence-electron chi connectivity index (χ4n) is 3.06. The van der Waals surface area contributed by atoms with Gasteiger partial charge in [0.2, 0.25) is 11.9 Å². The number of carbonyl (C=O) groups is 1. The van der Waals surface area contributed by atoms with E-state index in [-0.39, 0.29) is 5.91 Å². The van der Waals surface area contributed by atoms with E-state index >= 15 is 0 Å². The third-order valence-electron chi connectivity index (χ3n) is 4.48. The van der Waals surface area contributed by atoms with Crippen LogP contribution in [-0.2, 0) is 16.8 Å². The van der Waals surface area contributed by atoms with Gasteiger partial charge in [0.05, 0.1) is 5.41 Å². The maximum Gasteiger partial charge on any atom is 0.237 e. The first kappa shape index (κ1) is 13.8. The van der Waals surface area contributed by atoms with Crippen LogP contribution in [0.25, 0.3) is 0 Å². The lowest BCUT2D eigenvalue weighted by atomic mass is 9.63. The molecule has 3 rings (SSSR count). The Balaban J connectivity index is 1.90. The Bertz CT molecular complexity index is 658. The highest BCUT2D eigenvalue weighted by Gasteiger charge is 2.46. The van der Waals surface area contributed by atoms with Crippen LogP contribution < -0.4 is 5.32 Å². The number of aromatic nitrogens is 3. The average Bonchev–Trinajstić information content (AvgIpc) is 2.87. The fraction of sp³-hybridized carbons (Fsp3) is 0.438. The molecule has 5 nitrogen and oxygen atoms in total. The molecular weight excluding hydrogens is 264 g/mol. The Kier molecular flexibility index (Phi) is 3.49. The highest BCUT2D eigenvalue weighted by Crippen LogP contribution is 2.45. The number of amides is 1. The summed E-state index contributed by atoms with van der Waals surface area (Å²) in [5, 5.41) is 10.8. The van der Waals surface area contributed by atoms with E-state index < -0.39 is 5.41 Å². The van der Waals surface area contributed by atoms with Crippen molar-refractivity contribution in [3.8, 4) is 0 Å². The minimum absolute atomic E-state index is 0.0331. The normalized spacial score (nSPS) is 16.3. The first-order valence-electron chi connectivity index (χ1n) is 7.43. The minimum atomic E-state index is -0.407. The highest BCUT2D eigenvalue weighted by atomic mass is 16.2. The van der Waals surface area contributed by atoms with Crippen LogP contribution >= 0.6 is 0 Å². The molecule has 0 atom stereocenters. The molecule has 1 aromatic heterocycles. The lowest BCUT2D eigenvalue weighted by Gasteiger charge is -2.41. The summed E-state index contributed by atoms with van der Waals surface area (Å²) >= 11 is 0. The Morgan fingerprint density at radius 2 is 2.14 bits per heavy atom. The van der Waals surface area contributed by atoms with Crippen LogP contribution in [-0.4, -0.2) is 20.7 Å². The number of carbonyl (C=O) groups excluding carboxylic acids is 1. The van der Waals surface area contributed by atoms with Gasteiger partial charge in [-0.15, -0.1) is 10.2 Å². The molecule has 1 N–H and O–H groups in total. The van der Waals surface area contributed by atoms with Gasteiger partial charge in [0.1, 0.15) is 6.33 Å². The summed E-state index contributed by atoms with van der Waals surface area (Å²) in [5.41, 5.74) is 1.90. The molecule has 0 spiro atoms. The largest absolute Gasteiger partial charge is 0.300 e. The van der Waals surface area contributed by atoms with Gasteiger partial charge in [0.15, 0.2) is 0 Å². The fourth-order valence-corrected chi connectivity index (χ4v) is 3.06. The van der Waals surface area contributed by atoms with Gasteiger partial charge < -0.3 is 4.57 Å². The molecule has 1 aromatic carbocycles. The van der Waals surface area contributed by atoms with E-state index in [1.165, 1.54) is 5.56 Å². The van der Waals surface area contributed by atoms with E-state index in [2.05, 4.69) is 34.6 Å². The molecule has 0 bridgehead atoms. The molecule has 0 radical (unpaired) electrons. The summed E-state index contributed by atoms with van der Waals surface area (Å²) in [6.45, 7) is 4.80. The first-order chi connectivity index (χ1) is 10.2. The molecule has 0 saturated heterocycles. The van der Waals surface area contributed by atoms with Crippen LogP contribution in [0, 0.1) is 6.92 Å². The number of hydrogen-bond donors (Lipinski definition) is 1. The molecule has 0 unspecified atom stereocenters. The highest BCUT2D eigenvalue weighted by molar-refractivity contribution is 5.99. The van der Waals surface area contributed by atoms with Gasteiger partial charge in [-0.25, -0.2) is 0 Å². The third kappa shape index (κ3) is 2.22. The number of nitrogens with one attached hydrogen (secondary N) is 1. The van der Waals surface area contributed by atoms with Crippen molar-refractivity contribution in [2.45, 2.75) is 45.1 Å². The number of aryl methyl sites for hydroxylation is 2. The third-order valence-corrected chi connectivity index (χ3v) is 4.48. The predicted octanol–water partition coefficient (Wildman–Crippen LogP) is 2.67. The Labute approximate surface area is 124 Å². The summed E-state index contributed by atoms with van der Waals surface area (Å²) in [4.78, 5) is 12.8. The van der Waals surface area contributed by atoms with Crippen molar-refractivity contribution in [2.75, 3.05) is 5.32 Å². The van der Waals surface area contributed by atoms with Gasteiger partial charge in [-0.05, 0) is 37.8 Å². The zero-order valence-corrected chi connectivity index (χ0v) is 12.5. The zero-order chi connectivity index (χ0) is 14.9. The summed E-state index contributed by atoms with van der Waals surface area (Å²) < 4.78 is 1.84. The van der Waals surface area contributed by atoms with E-state index in [0.29, 0.717) is 5.95 Å². The molecule has 21 heavy (non-hydrogen) atoms. The van der Waals surface area contributed by atoms with E-state index in [1.807, 2.05) is 23.6 Å². The molecule has 1 amide bonds. The molecule has 2 aromatic rings. The Morgan fingerprint density at radius 3 is 2.76 bits per heavy atom. The second-order valence-electron chi connectivity index (χ2n) is 5.65. The SMILES string of the molecule is CCn1cnnc1NC(=O)C1(c2ccccc2C)CCC1. The van der Waals surface area contributed by atoms with Gasteiger partial charge in [0, 0.05) is 6.54 Å². The number of rotatable bonds is 4. The summed E-state index contributed by atoms with van der Waals surface area (Å²) in [6.07, 6.45) is 4.51. The molecule has 1 fully saturated rings. The van der Waals surface area contributed by atoms with E-state index in [9.17, 15) is 4.79 Å². The number of benzene rings is 1. The van der Waals surface area contributed by atoms with Crippen molar-refractivity contribution in [1.82, 2.24) is 14.8 Å². The number of nitrogens with zero attached hydrogens (tertiary/aromatic N) is 3. The zero-order valence-electron chi connectivity index (χ0n) is 12.5. The van der Waals surface area contributed by atoms with Crippen molar-refractivity contribution in [3.05, 3.63) is 41.7 Å². The predicted molar refractivity (Wildman–Crippen MR) is 81.0 cm³/mol. The molecule has 5 heteroatoms. The van der Waals surface area contributed by atoms with Crippen LogP contribution in [0.4, 0.5) is 5.95 Å². The topological polar surface area (TPSA) is 59.8 Å². The quantitative estimate of drug-likeness (QED) is 0.939. The molecule has 110 valence electrons. The van der Waals surface area contributed by atoms with Crippen molar-refractivity contribution >= 4 is 11.9 Å². The molecule has 1 aliphatic rings. The van der Waals surface area contributed by atoms with Crippen LogP contribution in [0.15, 0.2) is 30.6 Å². The lowest BCUT2D eigenvalue weighted by Crippen LogP contribution is -2.46. The first-order valence-corrected chi connectivity index (χ1v) is 7.43. The molecule has 0 aliphatic heterocycles. The Morgan fingerprint density at radius 1 is 1.38 bits per heavy atom. The van der Waals surface area contributed by atoms with Gasteiger partial charge in [-0.1, -0.05) is 30.7 Å². The van der Waals surface area contributed by atoms with E-state index in [4.69, 9.17) is 0 Å². The molecule has 1 heterocycles. The van der Waals surface area contributed by atoms with Gasteiger partial charge in [0.25, 0.3) is 0 Å². The minimum Gasteiger partial charge on any atom is -0.300 e. The van der Waals surface area contributed by atoms with Crippen LogP contribution in [0.2, 0.25) is 0 Å². The Hall–Kier alpha value is -2.17. The average molecular weight is 284 g/mol. The summed E-state index contributed by atoms with van der Waals surface area (Å²) in [7, 11) is 0. The second kappa shape index (κ2) is 5.31. The maximum absolute atomic E-state index is 12.8. The molecule has 1 aliphatic carbocycles. The monoisotopic (exact) mass is 284 g/mol. The second-order valence-corrected chi connectivity index (χ2v) is 5.65. The number of anilines is 1. The molecular formula is C16H20N4O. The van der Waals surface area contributed by atoms with E-state index in [0.717, 1.165) is 31.4 Å². The van der Waals surface area contributed by atoms with Crippen molar-refractivity contribution in [1.29, 1.82) is 0 Å². The van der Waals surface area contributed by atoms with Crippen molar-refractivity contribution in [2.24, 2.45) is 0 Å². The van der Waals surface area contributed by atoms with Crippen molar-refractivity contribution in [3.63, 3.8) is 0 Å². The standard InChI is InChI=1S/C16H20N4O/c1-3-20-11-17-19-15(20)18-14(21)16(9-6-10-16)13-8-5-4-7-12(13)2/h4-5,7-8,11H,3,6,9-10H2,1-2H3,(H,18,19,21). The number of hydrogen-bond acceptors (Lipinski definition) is 3. The molecule has 1 saturated carbocycles. The van der Waals surface area contributed by atoms with Crippen LogP contribution in [0.1, 0.15) is 37.3 Å². The van der Waals surface area contributed by atoms with Gasteiger partial charge in [-0.2, -0.15) is 0 Å². The lowest BCUT2D eigenvalue weighted by molar-refractivity contribution is -0.124. The summed E-state index contributed by atoms with van der Waals surface area (Å²) in [6, 6.07) is 8.15. The van der Waals surface area contributed by atoms with Gasteiger partial charge >= 0.3 is 0 Å². The summed E-state index contributed by atoms with van der Waals surface area (Å²) in [5.74, 6) is 0.563. The van der Waals surface area contributed by atoms with Crippen LogP contribution in [0.3, 0.4) is 0 Å². The van der Waals surface area contributed by atoms with Crippen molar-refractivity contribution < 1.29 is 4.79 Å². The van der Waals surface area contributed by atoms with Crippen LogP contribution in [0.5, 0.6) is 0 Å². The van der Waals surface area contributed by atoms with Gasteiger partial charge in [-0.3, -0.25) is 10.1 Å². The van der Waals surface area contributed by atoms with E-state index in [1.54, 1.807) is 6.33 Å². The smallest absolute Gasteiger partial charge is 0.237 e. The maximum atomic E-state index is 12.8.